The van der Waals surface area contributed by atoms with Gasteiger partial charge in [0, 0.05) is 25.7 Å². The van der Waals surface area contributed by atoms with Crippen LogP contribution >= 0.6 is 0 Å². The predicted octanol–water partition coefficient (Wildman–Crippen LogP) is 2.23. The van der Waals surface area contributed by atoms with Gasteiger partial charge in [0.1, 0.15) is 12.2 Å². The van der Waals surface area contributed by atoms with Gasteiger partial charge in [-0.25, -0.2) is 9.59 Å². The third kappa shape index (κ3) is 3.83. The first-order valence-electron chi connectivity index (χ1n) is 9.16. The van der Waals surface area contributed by atoms with Crippen molar-refractivity contribution < 1.29 is 43.5 Å². The van der Waals surface area contributed by atoms with Crippen LogP contribution in [0.5, 0.6) is 0 Å². The Morgan fingerprint density at radius 1 is 0.741 bits per heavy atom. The molecule has 2 spiro atoms. The van der Waals surface area contributed by atoms with Crippen LogP contribution in [0.3, 0.4) is 0 Å². The molecule has 148 valence electrons. The van der Waals surface area contributed by atoms with E-state index in [1.54, 1.807) is 0 Å². The van der Waals surface area contributed by atoms with Crippen LogP contribution in [0.1, 0.15) is 51.4 Å². The van der Waals surface area contributed by atoms with Crippen molar-refractivity contribution in [2.24, 2.45) is 0 Å². The Morgan fingerprint density at radius 2 is 1.11 bits per heavy atom. The zero-order valence-electron chi connectivity index (χ0n) is 14.7. The first-order valence-corrected chi connectivity index (χ1v) is 9.16. The van der Waals surface area contributed by atoms with Crippen LogP contribution < -0.4 is 0 Å². The second kappa shape index (κ2) is 6.63. The molecule has 4 rings (SSSR count). The lowest BCUT2D eigenvalue weighted by molar-refractivity contribution is -0.263. The topological polar surface area (TPSA) is 121 Å². The maximum absolute atomic E-state index is 11.5. The Hall–Kier alpha value is -2.42. The van der Waals surface area contributed by atoms with Gasteiger partial charge in [-0.05, 0) is 25.7 Å². The van der Waals surface area contributed by atoms with Crippen molar-refractivity contribution in [2.45, 2.75) is 75.1 Å². The Bertz CT molecular complexity index is 621. The molecule has 2 saturated carbocycles. The zero-order chi connectivity index (χ0) is 19.1. The van der Waals surface area contributed by atoms with Crippen molar-refractivity contribution in [1.29, 1.82) is 0 Å². The van der Waals surface area contributed by atoms with E-state index in [0.717, 1.165) is 12.2 Å². The summed E-state index contributed by atoms with van der Waals surface area (Å²) >= 11 is 0. The molecule has 2 fully saturated rings. The van der Waals surface area contributed by atoms with E-state index in [1.807, 2.05) is 0 Å². The standard InChI is InChI=1S/C18H22O9/c19-13-9-14(20)25-17(24-13)5-1-11(2-6-17)23-12-3-7-18(8-4-12)26-15(21)10-16(22)27-18/h9-12,19,21H,1-8H2. The molecule has 9 nitrogen and oxygen atoms in total. The molecule has 0 amide bonds. The van der Waals surface area contributed by atoms with Gasteiger partial charge >= 0.3 is 11.9 Å². The Balaban J connectivity index is 1.26. The summed E-state index contributed by atoms with van der Waals surface area (Å²) in [5.41, 5.74) is 0. The van der Waals surface area contributed by atoms with E-state index in [0.29, 0.717) is 51.4 Å². The predicted molar refractivity (Wildman–Crippen MR) is 86.8 cm³/mol. The molecular weight excluding hydrogens is 360 g/mol. The molecule has 4 aliphatic rings. The minimum Gasteiger partial charge on any atom is -0.481 e. The lowest BCUT2D eigenvalue weighted by Crippen LogP contribution is -2.47. The van der Waals surface area contributed by atoms with Gasteiger partial charge in [0.25, 0.3) is 23.5 Å². The molecule has 0 aromatic rings. The highest BCUT2D eigenvalue weighted by Crippen LogP contribution is 2.41. The van der Waals surface area contributed by atoms with Gasteiger partial charge in [0.05, 0.1) is 12.2 Å². The zero-order valence-corrected chi connectivity index (χ0v) is 14.7. The smallest absolute Gasteiger partial charge is 0.341 e. The van der Waals surface area contributed by atoms with Crippen LogP contribution in [0.4, 0.5) is 0 Å². The number of aliphatic hydroxyl groups excluding tert-OH is 2. The van der Waals surface area contributed by atoms with Crippen LogP contribution in [0.2, 0.25) is 0 Å². The van der Waals surface area contributed by atoms with Gasteiger partial charge in [0.15, 0.2) is 0 Å². The van der Waals surface area contributed by atoms with E-state index >= 15 is 0 Å². The average Bonchev–Trinajstić information content (AvgIpc) is 2.57. The molecule has 0 aromatic carbocycles. The summed E-state index contributed by atoms with van der Waals surface area (Å²) in [6, 6.07) is 0. The normalized spacial score (nSPS) is 39.0. The fourth-order valence-electron chi connectivity index (χ4n) is 4.12. The van der Waals surface area contributed by atoms with Crippen molar-refractivity contribution in [2.75, 3.05) is 0 Å². The molecule has 0 radical (unpaired) electrons. The number of hydrogen-bond acceptors (Lipinski definition) is 9. The van der Waals surface area contributed by atoms with E-state index in [2.05, 4.69) is 0 Å². The minimum absolute atomic E-state index is 0.00634. The first kappa shape index (κ1) is 18.0. The summed E-state index contributed by atoms with van der Waals surface area (Å²) in [6.45, 7) is 0. The number of esters is 2. The maximum Gasteiger partial charge on any atom is 0.341 e. The fourth-order valence-corrected chi connectivity index (χ4v) is 4.12. The minimum atomic E-state index is -1.10. The number of aliphatic hydroxyl groups is 2. The second-order valence-electron chi connectivity index (χ2n) is 7.37. The number of carbonyl (C=O) groups excluding carboxylic acids is 2. The van der Waals surface area contributed by atoms with Crippen molar-refractivity contribution >= 4 is 11.9 Å². The molecule has 0 unspecified atom stereocenters. The summed E-state index contributed by atoms with van der Waals surface area (Å²) in [6.07, 6.45) is 6.13. The molecule has 0 aromatic heterocycles. The van der Waals surface area contributed by atoms with Gasteiger partial charge in [0.2, 0.25) is 0 Å². The number of hydrogen-bond donors (Lipinski definition) is 2. The monoisotopic (exact) mass is 382 g/mol. The van der Waals surface area contributed by atoms with Crippen LogP contribution in [-0.2, 0) is 33.3 Å². The van der Waals surface area contributed by atoms with Crippen molar-refractivity contribution in [3.63, 3.8) is 0 Å². The third-order valence-electron chi connectivity index (χ3n) is 5.41. The molecule has 27 heavy (non-hydrogen) atoms. The molecule has 2 heterocycles. The first-order chi connectivity index (χ1) is 12.9. The average molecular weight is 382 g/mol. The van der Waals surface area contributed by atoms with Crippen molar-refractivity contribution in [3.8, 4) is 0 Å². The lowest BCUT2D eigenvalue weighted by atomic mass is 9.89. The third-order valence-corrected chi connectivity index (χ3v) is 5.41. The Labute approximate surface area is 155 Å². The largest absolute Gasteiger partial charge is 0.481 e. The van der Waals surface area contributed by atoms with Gasteiger partial charge in [-0.1, -0.05) is 0 Å². The van der Waals surface area contributed by atoms with Gasteiger partial charge in [-0.15, -0.1) is 0 Å². The molecule has 2 aliphatic carbocycles. The van der Waals surface area contributed by atoms with Crippen molar-refractivity contribution in [3.05, 3.63) is 24.0 Å². The number of rotatable bonds is 2. The SMILES string of the molecule is O=C1C=C(O)OC2(CCC(OC3CCC4(CC3)OC(=O)C=C(O)O4)CC2)O1. The highest BCUT2D eigenvalue weighted by atomic mass is 16.8. The number of carbonyl (C=O) groups is 2. The molecule has 0 bridgehead atoms. The lowest BCUT2D eigenvalue weighted by Gasteiger charge is -2.43. The fraction of sp³-hybridized carbons (Fsp3) is 0.667. The second-order valence-corrected chi connectivity index (χ2v) is 7.37. The van der Waals surface area contributed by atoms with E-state index in [-0.39, 0.29) is 12.2 Å². The number of ether oxygens (including phenoxy) is 5. The van der Waals surface area contributed by atoms with Gasteiger partial charge in [-0.2, -0.15) is 0 Å². The molecule has 2 aliphatic heterocycles. The summed E-state index contributed by atoms with van der Waals surface area (Å²) in [5, 5.41) is 19.0. The highest BCUT2D eigenvalue weighted by molar-refractivity contribution is 5.83. The highest BCUT2D eigenvalue weighted by Gasteiger charge is 2.47. The Kier molecular flexibility index (Phi) is 4.41. The molecule has 0 atom stereocenters. The molecule has 9 heteroatoms. The van der Waals surface area contributed by atoms with Crippen LogP contribution in [0.25, 0.3) is 0 Å². The van der Waals surface area contributed by atoms with Crippen LogP contribution in [-0.4, -0.2) is 45.9 Å². The van der Waals surface area contributed by atoms with Crippen molar-refractivity contribution in [1.82, 2.24) is 0 Å². The van der Waals surface area contributed by atoms with Crippen LogP contribution in [0.15, 0.2) is 24.0 Å². The summed E-state index contributed by atoms with van der Waals surface area (Å²) in [4.78, 5) is 23.0. The van der Waals surface area contributed by atoms with E-state index < -0.39 is 35.4 Å². The van der Waals surface area contributed by atoms with Gasteiger partial charge in [-0.3, -0.25) is 0 Å². The molecular formula is C18H22O9. The summed E-state index contributed by atoms with van der Waals surface area (Å²) in [5.74, 6) is -4.23. The maximum atomic E-state index is 11.5. The van der Waals surface area contributed by atoms with E-state index in [4.69, 9.17) is 23.7 Å². The van der Waals surface area contributed by atoms with E-state index in [9.17, 15) is 19.8 Å². The molecule has 0 saturated heterocycles. The molecule has 2 N–H and O–H groups in total. The Morgan fingerprint density at radius 3 is 1.44 bits per heavy atom. The summed E-state index contributed by atoms with van der Waals surface area (Å²) in [7, 11) is 0. The van der Waals surface area contributed by atoms with Crippen LogP contribution in [0, 0.1) is 0 Å². The van der Waals surface area contributed by atoms with E-state index in [1.165, 1.54) is 0 Å². The summed E-state index contributed by atoms with van der Waals surface area (Å²) < 4.78 is 27.4. The quantitative estimate of drug-likeness (QED) is 0.692. The van der Waals surface area contributed by atoms with Gasteiger partial charge < -0.3 is 33.9 Å².